The second kappa shape index (κ2) is 5.11. The second-order valence-electron chi connectivity index (χ2n) is 5.05. The number of pyridine rings is 1. The third-order valence-corrected chi connectivity index (χ3v) is 3.65. The fraction of sp³-hybridized carbons (Fsp3) is 0.500. The number of fused-ring (bicyclic) bond motifs is 2. The number of cyclic esters (lactones) is 1. The number of aromatic nitrogens is 3. The third kappa shape index (κ3) is 2.01. The van der Waals surface area contributed by atoms with Crippen molar-refractivity contribution >= 4 is 22.7 Å². The Morgan fingerprint density at radius 1 is 1.45 bits per heavy atom. The van der Waals surface area contributed by atoms with Gasteiger partial charge in [0.1, 0.15) is 5.56 Å². The lowest BCUT2D eigenvalue weighted by molar-refractivity contribution is 0.0479. The average molecular weight is 274 g/mol. The molecule has 0 radical (unpaired) electrons. The van der Waals surface area contributed by atoms with Crippen LogP contribution in [-0.4, -0.2) is 27.3 Å². The summed E-state index contributed by atoms with van der Waals surface area (Å²) in [5.74, 6) is -0.378. The predicted molar refractivity (Wildman–Crippen MR) is 75.5 cm³/mol. The van der Waals surface area contributed by atoms with E-state index < -0.39 is 0 Å². The highest BCUT2D eigenvalue weighted by Crippen LogP contribution is 2.29. The van der Waals surface area contributed by atoms with E-state index >= 15 is 0 Å². The number of hydrogen-bond acceptors (Lipinski definition) is 5. The van der Waals surface area contributed by atoms with E-state index in [9.17, 15) is 4.79 Å². The van der Waals surface area contributed by atoms with Gasteiger partial charge in [-0.1, -0.05) is 19.8 Å². The molecule has 3 rings (SSSR count). The van der Waals surface area contributed by atoms with Crippen LogP contribution in [0, 0.1) is 0 Å². The molecule has 0 bridgehead atoms. The van der Waals surface area contributed by atoms with Crippen molar-refractivity contribution in [3.05, 3.63) is 17.5 Å². The first-order chi connectivity index (χ1) is 9.72. The van der Waals surface area contributed by atoms with Gasteiger partial charge in [0.15, 0.2) is 5.65 Å². The standard InChI is InChI=1S/C14H18N4O2/c1-2-3-4-6-18-13-9(8-16-18)12(15)11-10(17-13)5-7-20-14(11)19/h8H,2-7H2,1H3,(H2,15,17). The maximum atomic E-state index is 11.8. The number of nitrogens with zero attached hydrogens (tertiary/aromatic N) is 3. The summed E-state index contributed by atoms with van der Waals surface area (Å²) in [4.78, 5) is 16.4. The van der Waals surface area contributed by atoms with Crippen LogP contribution in [0.1, 0.15) is 42.2 Å². The van der Waals surface area contributed by atoms with Crippen molar-refractivity contribution in [2.75, 3.05) is 12.3 Å². The van der Waals surface area contributed by atoms with Gasteiger partial charge in [-0.3, -0.25) is 0 Å². The lowest BCUT2D eigenvalue weighted by Crippen LogP contribution is -2.21. The summed E-state index contributed by atoms with van der Waals surface area (Å²) >= 11 is 0. The zero-order chi connectivity index (χ0) is 14.1. The number of ether oxygens (including phenoxy) is 1. The molecule has 0 saturated heterocycles. The van der Waals surface area contributed by atoms with Gasteiger partial charge in [0, 0.05) is 13.0 Å². The van der Waals surface area contributed by atoms with Crippen molar-refractivity contribution in [1.29, 1.82) is 0 Å². The molecule has 20 heavy (non-hydrogen) atoms. The van der Waals surface area contributed by atoms with Gasteiger partial charge in [0.2, 0.25) is 0 Å². The molecule has 2 aromatic heterocycles. The number of rotatable bonds is 4. The minimum absolute atomic E-state index is 0.369. The average Bonchev–Trinajstić information content (AvgIpc) is 2.83. The van der Waals surface area contributed by atoms with Crippen LogP contribution in [0.3, 0.4) is 0 Å². The van der Waals surface area contributed by atoms with Gasteiger partial charge in [0.05, 0.1) is 29.6 Å². The van der Waals surface area contributed by atoms with E-state index in [1.54, 1.807) is 6.20 Å². The number of hydrogen-bond donors (Lipinski definition) is 1. The van der Waals surface area contributed by atoms with E-state index in [1.807, 2.05) is 4.68 Å². The summed E-state index contributed by atoms with van der Waals surface area (Å²) in [5.41, 5.74) is 8.45. The van der Waals surface area contributed by atoms with Crippen molar-refractivity contribution < 1.29 is 9.53 Å². The smallest absolute Gasteiger partial charge is 0.342 e. The van der Waals surface area contributed by atoms with E-state index in [2.05, 4.69) is 17.0 Å². The summed E-state index contributed by atoms with van der Waals surface area (Å²) in [6.45, 7) is 3.36. The van der Waals surface area contributed by atoms with Crippen LogP contribution in [0.15, 0.2) is 6.20 Å². The monoisotopic (exact) mass is 274 g/mol. The highest BCUT2D eigenvalue weighted by molar-refractivity contribution is 6.04. The molecule has 1 aliphatic rings. The Bertz CT molecular complexity index is 663. The SMILES string of the molecule is CCCCCn1ncc2c(N)c3c(nc21)CCOC3=O. The highest BCUT2D eigenvalue weighted by Gasteiger charge is 2.26. The van der Waals surface area contributed by atoms with Crippen LogP contribution < -0.4 is 5.73 Å². The van der Waals surface area contributed by atoms with Gasteiger partial charge >= 0.3 is 5.97 Å². The van der Waals surface area contributed by atoms with Gasteiger partial charge in [-0.2, -0.15) is 5.10 Å². The molecule has 0 spiro atoms. The van der Waals surface area contributed by atoms with Crippen LogP contribution in [-0.2, 0) is 17.7 Å². The molecule has 0 atom stereocenters. The molecule has 0 aliphatic carbocycles. The lowest BCUT2D eigenvalue weighted by Gasteiger charge is -2.17. The first kappa shape index (κ1) is 12.9. The molecule has 0 aromatic carbocycles. The van der Waals surface area contributed by atoms with E-state index in [0.717, 1.165) is 42.5 Å². The zero-order valence-corrected chi connectivity index (χ0v) is 11.6. The molecule has 6 nitrogen and oxygen atoms in total. The summed E-state index contributed by atoms with van der Waals surface area (Å²) in [5, 5.41) is 5.08. The minimum Gasteiger partial charge on any atom is -0.462 e. The van der Waals surface area contributed by atoms with Gasteiger partial charge in [-0.15, -0.1) is 0 Å². The number of esters is 1. The van der Waals surface area contributed by atoms with Gasteiger partial charge in [0.25, 0.3) is 0 Å². The molecular weight excluding hydrogens is 256 g/mol. The molecule has 6 heteroatoms. The molecule has 3 heterocycles. The predicted octanol–water partition coefficient (Wildman–Crippen LogP) is 1.92. The second-order valence-corrected chi connectivity index (χ2v) is 5.05. The number of unbranched alkanes of at least 4 members (excludes halogenated alkanes) is 2. The molecule has 106 valence electrons. The summed E-state index contributed by atoms with van der Waals surface area (Å²) in [6.07, 6.45) is 5.69. The largest absolute Gasteiger partial charge is 0.462 e. The Balaban J connectivity index is 2.06. The topological polar surface area (TPSA) is 83.0 Å². The fourth-order valence-corrected chi connectivity index (χ4v) is 2.56. The van der Waals surface area contributed by atoms with E-state index in [4.69, 9.17) is 10.5 Å². The molecule has 1 aliphatic heterocycles. The van der Waals surface area contributed by atoms with Crippen LogP contribution in [0.25, 0.3) is 11.0 Å². The molecule has 0 saturated carbocycles. The first-order valence-electron chi connectivity index (χ1n) is 7.03. The number of nitrogens with two attached hydrogens (primary N) is 1. The minimum atomic E-state index is -0.378. The van der Waals surface area contributed by atoms with Crippen LogP contribution >= 0.6 is 0 Å². The van der Waals surface area contributed by atoms with Crippen molar-refractivity contribution in [2.45, 2.75) is 39.2 Å². The normalized spacial score (nSPS) is 14.3. The fourth-order valence-electron chi connectivity index (χ4n) is 2.56. The Hall–Kier alpha value is -2.11. The molecule has 0 fully saturated rings. The quantitative estimate of drug-likeness (QED) is 0.680. The maximum absolute atomic E-state index is 11.8. The Kier molecular flexibility index (Phi) is 3.30. The Morgan fingerprint density at radius 3 is 3.10 bits per heavy atom. The van der Waals surface area contributed by atoms with Gasteiger partial charge < -0.3 is 10.5 Å². The van der Waals surface area contributed by atoms with Crippen LogP contribution in [0.5, 0.6) is 0 Å². The van der Waals surface area contributed by atoms with Gasteiger partial charge in [-0.25, -0.2) is 14.5 Å². The van der Waals surface area contributed by atoms with Crippen molar-refractivity contribution in [3.63, 3.8) is 0 Å². The molecule has 0 amide bonds. The number of anilines is 1. The number of carbonyl (C=O) groups is 1. The van der Waals surface area contributed by atoms with E-state index in [1.165, 1.54) is 0 Å². The first-order valence-corrected chi connectivity index (χ1v) is 7.03. The summed E-state index contributed by atoms with van der Waals surface area (Å²) in [6, 6.07) is 0. The summed E-state index contributed by atoms with van der Waals surface area (Å²) in [7, 11) is 0. The van der Waals surface area contributed by atoms with E-state index in [-0.39, 0.29) is 5.97 Å². The highest BCUT2D eigenvalue weighted by atomic mass is 16.5. The maximum Gasteiger partial charge on any atom is 0.342 e. The van der Waals surface area contributed by atoms with Crippen molar-refractivity contribution in [2.24, 2.45) is 0 Å². The number of nitrogen functional groups attached to an aromatic ring is 1. The van der Waals surface area contributed by atoms with Gasteiger partial charge in [-0.05, 0) is 6.42 Å². The van der Waals surface area contributed by atoms with Crippen molar-refractivity contribution in [3.8, 4) is 0 Å². The molecular formula is C14H18N4O2. The zero-order valence-electron chi connectivity index (χ0n) is 11.6. The van der Waals surface area contributed by atoms with Crippen LogP contribution in [0.4, 0.5) is 5.69 Å². The van der Waals surface area contributed by atoms with Crippen LogP contribution in [0.2, 0.25) is 0 Å². The number of carbonyl (C=O) groups excluding carboxylic acids is 1. The summed E-state index contributed by atoms with van der Waals surface area (Å²) < 4.78 is 6.91. The third-order valence-electron chi connectivity index (χ3n) is 3.65. The number of aryl methyl sites for hydroxylation is 1. The molecule has 2 N–H and O–H groups in total. The van der Waals surface area contributed by atoms with Crippen molar-refractivity contribution in [1.82, 2.24) is 14.8 Å². The Labute approximate surface area is 116 Å². The lowest BCUT2D eigenvalue weighted by atomic mass is 10.1. The molecule has 0 unspecified atom stereocenters. The Morgan fingerprint density at radius 2 is 2.30 bits per heavy atom. The molecule has 2 aromatic rings. The van der Waals surface area contributed by atoms with E-state index in [0.29, 0.717) is 24.3 Å².